The topological polar surface area (TPSA) is 130 Å². The van der Waals surface area contributed by atoms with Gasteiger partial charge in [0.25, 0.3) is 5.88 Å². The number of carbonyl (C=O) groups excluding carboxylic acids is 3. The molecule has 172 valence electrons. The first-order chi connectivity index (χ1) is 15.4. The van der Waals surface area contributed by atoms with E-state index >= 15 is 0 Å². The molecule has 10 heteroatoms. The van der Waals surface area contributed by atoms with Gasteiger partial charge >= 0.3 is 12.1 Å². The van der Waals surface area contributed by atoms with Gasteiger partial charge in [0, 0.05) is 18.7 Å². The first-order valence-electron chi connectivity index (χ1n) is 10.2. The molecule has 9 nitrogen and oxygen atoms in total. The predicted octanol–water partition coefficient (Wildman–Crippen LogP) is 2.76. The molecule has 0 saturated carbocycles. The van der Waals surface area contributed by atoms with Crippen molar-refractivity contribution in [2.75, 3.05) is 13.2 Å². The summed E-state index contributed by atoms with van der Waals surface area (Å²) in [5.74, 6) is -1.92. The molecule has 0 fully saturated rings. The number of nitrogens with zero attached hydrogens (tertiary/aromatic N) is 1. The number of carbonyl (C=O) groups is 3. The zero-order valence-corrected chi connectivity index (χ0v) is 17.9. The SMILES string of the molecule is CCC(CC)OC(=O)c1cnc(OC(=O)NC(=O)CN)c(OCCc2ccc(F)cc2)c1. The summed E-state index contributed by atoms with van der Waals surface area (Å²) in [7, 11) is 0. The highest BCUT2D eigenvalue weighted by Gasteiger charge is 2.19. The van der Waals surface area contributed by atoms with Crippen LogP contribution in [0.3, 0.4) is 0 Å². The summed E-state index contributed by atoms with van der Waals surface area (Å²) >= 11 is 0. The van der Waals surface area contributed by atoms with Crippen molar-refractivity contribution in [3.8, 4) is 11.6 Å². The van der Waals surface area contributed by atoms with Crippen LogP contribution in [0.1, 0.15) is 42.6 Å². The Morgan fingerprint density at radius 2 is 1.84 bits per heavy atom. The van der Waals surface area contributed by atoms with Gasteiger partial charge < -0.3 is 19.9 Å². The minimum absolute atomic E-state index is 0.00135. The number of benzene rings is 1. The molecule has 1 aromatic heterocycles. The lowest BCUT2D eigenvalue weighted by atomic mass is 10.2. The van der Waals surface area contributed by atoms with Crippen LogP contribution in [-0.2, 0) is 16.0 Å². The lowest BCUT2D eigenvalue weighted by Crippen LogP contribution is -2.37. The number of aromatic nitrogens is 1. The number of pyridine rings is 1. The highest BCUT2D eigenvalue weighted by atomic mass is 19.1. The molecule has 0 atom stereocenters. The standard InChI is InChI=1S/C22H26FN3O6/c1-3-17(4-2)31-21(28)15-11-18(30-10-9-14-5-7-16(23)8-6-14)20(25-13-15)32-22(29)26-19(27)12-24/h5-8,11,13,17H,3-4,9-10,12,24H2,1-2H3,(H,26,27,29). The van der Waals surface area contributed by atoms with E-state index in [-0.39, 0.29) is 35.7 Å². The third-order valence-corrected chi connectivity index (χ3v) is 4.42. The van der Waals surface area contributed by atoms with E-state index in [2.05, 4.69) is 4.98 Å². The first kappa shape index (κ1) is 24.7. The van der Waals surface area contributed by atoms with Crippen LogP contribution in [0.15, 0.2) is 36.5 Å². The van der Waals surface area contributed by atoms with Crippen LogP contribution >= 0.6 is 0 Å². The molecule has 3 N–H and O–H groups in total. The molecule has 0 aliphatic carbocycles. The molecule has 1 heterocycles. The Hall–Kier alpha value is -3.53. The van der Waals surface area contributed by atoms with Crippen LogP contribution in [0.2, 0.25) is 0 Å². The fraction of sp³-hybridized carbons (Fsp3) is 0.364. The van der Waals surface area contributed by atoms with Crippen LogP contribution in [-0.4, -0.2) is 42.2 Å². The van der Waals surface area contributed by atoms with Crippen LogP contribution in [0.4, 0.5) is 9.18 Å². The second-order valence-corrected chi connectivity index (χ2v) is 6.74. The van der Waals surface area contributed by atoms with Crippen molar-refractivity contribution in [1.29, 1.82) is 0 Å². The molecule has 0 bridgehead atoms. The summed E-state index contributed by atoms with van der Waals surface area (Å²) < 4.78 is 29.2. The number of nitrogens with two attached hydrogens (primary N) is 1. The van der Waals surface area contributed by atoms with Crippen molar-refractivity contribution in [3.63, 3.8) is 0 Å². The number of hydrogen-bond donors (Lipinski definition) is 2. The van der Waals surface area contributed by atoms with E-state index in [1.165, 1.54) is 24.4 Å². The quantitative estimate of drug-likeness (QED) is 0.532. The van der Waals surface area contributed by atoms with Crippen LogP contribution < -0.4 is 20.5 Å². The van der Waals surface area contributed by atoms with Crippen LogP contribution in [0, 0.1) is 5.82 Å². The molecular weight excluding hydrogens is 421 g/mol. The van der Waals surface area contributed by atoms with Crippen LogP contribution in [0.5, 0.6) is 11.6 Å². The van der Waals surface area contributed by atoms with Gasteiger partial charge in [0.05, 0.1) is 18.7 Å². The second-order valence-electron chi connectivity index (χ2n) is 6.74. The molecular formula is C22H26FN3O6. The molecule has 2 rings (SSSR count). The zero-order chi connectivity index (χ0) is 23.5. The lowest BCUT2D eigenvalue weighted by molar-refractivity contribution is -0.118. The highest BCUT2D eigenvalue weighted by molar-refractivity contribution is 5.93. The molecule has 2 aromatic rings. The number of nitrogens with one attached hydrogen (secondary N) is 1. The van der Waals surface area contributed by atoms with Crippen LogP contribution in [0.25, 0.3) is 0 Å². The van der Waals surface area contributed by atoms with Crippen molar-refractivity contribution < 1.29 is 33.0 Å². The Labute approximate surface area is 185 Å². The van der Waals surface area contributed by atoms with E-state index in [4.69, 9.17) is 19.9 Å². The number of amides is 2. The van der Waals surface area contributed by atoms with Crippen molar-refractivity contribution in [2.24, 2.45) is 5.73 Å². The summed E-state index contributed by atoms with van der Waals surface area (Å²) in [4.78, 5) is 39.6. The van der Waals surface area contributed by atoms with Gasteiger partial charge in [-0.1, -0.05) is 26.0 Å². The lowest BCUT2D eigenvalue weighted by Gasteiger charge is -2.15. The van der Waals surface area contributed by atoms with Gasteiger partial charge in [0.1, 0.15) is 11.9 Å². The Kier molecular flexibility index (Phi) is 9.55. The van der Waals surface area contributed by atoms with Gasteiger partial charge in [0.2, 0.25) is 5.91 Å². The molecule has 0 radical (unpaired) electrons. The molecule has 0 aliphatic rings. The van der Waals surface area contributed by atoms with E-state index in [9.17, 15) is 18.8 Å². The highest BCUT2D eigenvalue weighted by Crippen LogP contribution is 2.27. The molecule has 2 amide bonds. The molecule has 32 heavy (non-hydrogen) atoms. The Balaban J connectivity index is 2.17. The van der Waals surface area contributed by atoms with Gasteiger partial charge in [-0.3, -0.25) is 10.1 Å². The summed E-state index contributed by atoms with van der Waals surface area (Å²) in [6, 6.07) is 7.24. The van der Waals surface area contributed by atoms with Crippen molar-refractivity contribution in [2.45, 2.75) is 39.2 Å². The maximum atomic E-state index is 13.1. The predicted molar refractivity (Wildman–Crippen MR) is 113 cm³/mol. The van der Waals surface area contributed by atoms with Crippen molar-refractivity contribution in [3.05, 3.63) is 53.5 Å². The number of hydrogen-bond acceptors (Lipinski definition) is 8. The number of rotatable bonds is 10. The number of imide groups is 1. The zero-order valence-electron chi connectivity index (χ0n) is 17.9. The summed E-state index contributed by atoms with van der Waals surface area (Å²) in [5.41, 5.74) is 6.08. The average molecular weight is 447 g/mol. The van der Waals surface area contributed by atoms with Gasteiger partial charge in [-0.05, 0) is 30.5 Å². The van der Waals surface area contributed by atoms with Gasteiger partial charge in [0.15, 0.2) is 5.75 Å². The Morgan fingerprint density at radius 3 is 2.47 bits per heavy atom. The largest absolute Gasteiger partial charge is 0.488 e. The van der Waals surface area contributed by atoms with Gasteiger partial charge in [-0.2, -0.15) is 0 Å². The smallest absolute Gasteiger partial charge is 0.420 e. The Morgan fingerprint density at radius 1 is 1.16 bits per heavy atom. The van der Waals surface area contributed by atoms with E-state index < -0.39 is 24.5 Å². The molecule has 0 spiro atoms. The van der Waals surface area contributed by atoms with E-state index in [0.29, 0.717) is 19.3 Å². The number of esters is 1. The van der Waals surface area contributed by atoms with Gasteiger partial charge in [-0.15, -0.1) is 0 Å². The first-order valence-corrected chi connectivity index (χ1v) is 10.2. The number of ether oxygens (including phenoxy) is 3. The third kappa shape index (κ3) is 7.62. The molecule has 0 unspecified atom stereocenters. The fourth-order valence-corrected chi connectivity index (χ4v) is 2.61. The monoisotopic (exact) mass is 447 g/mol. The summed E-state index contributed by atoms with van der Waals surface area (Å²) in [5, 5.41) is 1.92. The normalized spacial score (nSPS) is 10.5. The van der Waals surface area contributed by atoms with E-state index in [1.54, 1.807) is 12.1 Å². The fourth-order valence-electron chi connectivity index (χ4n) is 2.61. The van der Waals surface area contributed by atoms with Crippen molar-refractivity contribution >= 4 is 18.0 Å². The maximum Gasteiger partial charge on any atom is 0.420 e. The Bertz CT molecular complexity index is 932. The van der Waals surface area contributed by atoms with Gasteiger partial charge in [-0.25, -0.2) is 19.0 Å². The number of halogens is 1. The molecule has 0 saturated heterocycles. The molecule has 0 aliphatic heterocycles. The third-order valence-electron chi connectivity index (χ3n) is 4.42. The minimum atomic E-state index is -1.09. The van der Waals surface area contributed by atoms with Crippen molar-refractivity contribution in [1.82, 2.24) is 10.3 Å². The summed E-state index contributed by atoms with van der Waals surface area (Å²) in [6.07, 6.45) is 1.59. The van der Waals surface area contributed by atoms with E-state index in [1.807, 2.05) is 19.2 Å². The summed E-state index contributed by atoms with van der Waals surface area (Å²) in [6.45, 7) is 3.53. The molecule has 1 aromatic carbocycles. The van der Waals surface area contributed by atoms with E-state index in [0.717, 1.165) is 5.56 Å². The second kappa shape index (κ2) is 12.4. The maximum absolute atomic E-state index is 13.1. The average Bonchev–Trinajstić information content (AvgIpc) is 2.79. The minimum Gasteiger partial charge on any atom is -0.488 e.